The second-order valence-electron chi connectivity index (χ2n) is 3.93. The summed E-state index contributed by atoms with van der Waals surface area (Å²) in [4.78, 5) is 18.7. The fraction of sp³-hybridized carbons (Fsp3) is 0.600. The smallest absolute Gasteiger partial charge is 0.330 e. The number of H-pyrrole nitrogens is 1. The molecule has 2 unspecified atom stereocenters. The highest BCUT2D eigenvalue weighted by atomic mass is 16.5. The molecule has 5 heteroatoms. The lowest BCUT2D eigenvalue weighted by atomic mass is 10.1. The van der Waals surface area contributed by atoms with E-state index in [0.29, 0.717) is 11.7 Å². The van der Waals surface area contributed by atoms with E-state index < -0.39 is 12.0 Å². The zero-order valence-corrected chi connectivity index (χ0v) is 8.91. The molecular formula is C10H15N3O2. The van der Waals surface area contributed by atoms with Gasteiger partial charge in [-0.25, -0.2) is 9.78 Å². The zero-order chi connectivity index (χ0) is 11.0. The van der Waals surface area contributed by atoms with Crippen LogP contribution in [-0.4, -0.2) is 23.0 Å². The van der Waals surface area contributed by atoms with Crippen LogP contribution in [0.5, 0.6) is 0 Å². The van der Waals surface area contributed by atoms with Crippen molar-refractivity contribution in [2.45, 2.75) is 31.7 Å². The molecule has 1 aromatic heterocycles. The van der Waals surface area contributed by atoms with Crippen LogP contribution in [-0.2, 0) is 16.0 Å². The molecule has 5 nitrogen and oxygen atoms in total. The Labute approximate surface area is 88.0 Å². The van der Waals surface area contributed by atoms with Gasteiger partial charge in [-0.05, 0) is 12.8 Å². The van der Waals surface area contributed by atoms with Crippen molar-refractivity contribution < 1.29 is 9.53 Å². The summed E-state index contributed by atoms with van der Waals surface area (Å²) in [5.74, 6) is 0.503. The van der Waals surface area contributed by atoms with E-state index in [1.165, 1.54) is 7.11 Å². The first-order valence-electron chi connectivity index (χ1n) is 5.05. The van der Waals surface area contributed by atoms with Crippen LogP contribution in [0.25, 0.3) is 0 Å². The summed E-state index contributed by atoms with van der Waals surface area (Å²) in [5.41, 5.74) is 7.84. The number of rotatable bonds is 2. The molecule has 82 valence electrons. The predicted octanol–water partition coefficient (Wildman–Crippen LogP) is 0.632. The lowest BCUT2D eigenvalue weighted by molar-refractivity contribution is -0.142. The Morgan fingerprint density at radius 1 is 1.73 bits per heavy atom. The Hall–Kier alpha value is -1.36. The number of methoxy groups -OCH3 is 1. The number of nitrogens with two attached hydrogens (primary N) is 1. The van der Waals surface area contributed by atoms with Gasteiger partial charge in [0.1, 0.15) is 5.82 Å². The van der Waals surface area contributed by atoms with Crippen LogP contribution in [0, 0.1) is 0 Å². The van der Waals surface area contributed by atoms with E-state index in [1.54, 1.807) is 0 Å². The molecule has 0 radical (unpaired) electrons. The number of nitrogens with zero attached hydrogens (tertiary/aromatic N) is 1. The molecule has 0 aromatic carbocycles. The van der Waals surface area contributed by atoms with Gasteiger partial charge >= 0.3 is 5.97 Å². The number of esters is 1. The predicted molar refractivity (Wildman–Crippen MR) is 54.3 cm³/mol. The summed E-state index contributed by atoms with van der Waals surface area (Å²) in [5, 5.41) is 0. The minimum absolute atomic E-state index is 0.454. The van der Waals surface area contributed by atoms with Gasteiger partial charge in [0.05, 0.1) is 12.8 Å². The van der Waals surface area contributed by atoms with Gasteiger partial charge in [-0.3, -0.25) is 0 Å². The Balaban J connectivity index is 2.24. The third-order valence-corrected chi connectivity index (χ3v) is 2.87. The lowest BCUT2D eigenvalue weighted by Gasteiger charge is -2.06. The lowest BCUT2D eigenvalue weighted by Crippen LogP contribution is -2.24. The number of aromatic amines is 1. The first-order valence-corrected chi connectivity index (χ1v) is 5.05. The Kier molecular flexibility index (Phi) is 2.48. The fourth-order valence-corrected chi connectivity index (χ4v) is 1.93. The van der Waals surface area contributed by atoms with E-state index in [1.807, 2.05) is 0 Å². The molecule has 0 aliphatic heterocycles. The second-order valence-corrected chi connectivity index (χ2v) is 3.93. The number of hydrogen-bond acceptors (Lipinski definition) is 4. The highest BCUT2D eigenvalue weighted by Gasteiger charge is 2.27. The van der Waals surface area contributed by atoms with Crippen LogP contribution < -0.4 is 5.73 Å². The maximum Gasteiger partial charge on any atom is 0.330 e. The molecule has 15 heavy (non-hydrogen) atoms. The van der Waals surface area contributed by atoms with E-state index in [9.17, 15) is 4.79 Å². The Bertz CT molecular complexity index is 386. The quantitative estimate of drug-likeness (QED) is 0.700. The minimum atomic E-state index is -0.798. The summed E-state index contributed by atoms with van der Waals surface area (Å²) in [6, 6.07) is -0.798. The molecule has 1 aliphatic rings. The molecule has 0 spiro atoms. The van der Waals surface area contributed by atoms with Crippen LogP contribution in [0.15, 0.2) is 0 Å². The SMILES string of the molecule is COC(=O)C(N)c1nc2c([nH]1)CCC2C. The largest absolute Gasteiger partial charge is 0.468 e. The van der Waals surface area contributed by atoms with E-state index in [-0.39, 0.29) is 0 Å². The summed E-state index contributed by atoms with van der Waals surface area (Å²) >= 11 is 0. The molecule has 2 atom stereocenters. The normalized spacial score (nSPS) is 21.1. The fourth-order valence-electron chi connectivity index (χ4n) is 1.93. The summed E-state index contributed by atoms with van der Waals surface area (Å²) in [6.45, 7) is 2.13. The average Bonchev–Trinajstić information content (AvgIpc) is 2.79. The van der Waals surface area contributed by atoms with E-state index in [2.05, 4.69) is 21.6 Å². The number of hydrogen-bond donors (Lipinski definition) is 2. The highest BCUT2D eigenvalue weighted by Crippen LogP contribution is 2.31. The highest BCUT2D eigenvalue weighted by molar-refractivity contribution is 5.76. The molecular weight excluding hydrogens is 194 g/mol. The number of fused-ring (bicyclic) bond motifs is 1. The molecule has 3 N–H and O–H groups in total. The summed E-state index contributed by atoms with van der Waals surface area (Å²) in [6.07, 6.45) is 2.10. The maximum atomic E-state index is 11.2. The van der Waals surface area contributed by atoms with Crippen molar-refractivity contribution >= 4 is 5.97 Å². The number of ether oxygens (including phenoxy) is 1. The van der Waals surface area contributed by atoms with Crippen molar-refractivity contribution in [2.75, 3.05) is 7.11 Å². The van der Waals surface area contributed by atoms with Crippen LogP contribution in [0.1, 0.15) is 42.5 Å². The number of aryl methyl sites for hydroxylation is 1. The van der Waals surface area contributed by atoms with Gasteiger partial charge < -0.3 is 15.5 Å². The number of nitrogens with one attached hydrogen (secondary N) is 1. The monoisotopic (exact) mass is 209 g/mol. The maximum absolute atomic E-state index is 11.2. The Morgan fingerprint density at radius 2 is 2.47 bits per heavy atom. The molecule has 0 bridgehead atoms. The number of imidazole rings is 1. The van der Waals surface area contributed by atoms with Gasteiger partial charge in [-0.1, -0.05) is 6.92 Å². The molecule has 1 aliphatic carbocycles. The van der Waals surface area contributed by atoms with Gasteiger partial charge in [0.15, 0.2) is 6.04 Å². The van der Waals surface area contributed by atoms with Crippen molar-refractivity contribution in [3.05, 3.63) is 17.2 Å². The minimum Gasteiger partial charge on any atom is -0.468 e. The van der Waals surface area contributed by atoms with Crippen LogP contribution in [0.4, 0.5) is 0 Å². The van der Waals surface area contributed by atoms with Crippen molar-refractivity contribution in [1.29, 1.82) is 0 Å². The van der Waals surface area contributed by atoms with Gasteiger partial charge in [-0.2, -0.15) is 0 Å². The third-order valence-electron chi connectivity index (χ3n) is 2.87. The first kappa shape index (κ1) is 10.2. The number of carbonyl (C=O) groups is 1. The molecule has 0 amide bonds. The number of aromatic nitrogens is 2. The van der Waals surface area contributed by atoms with Gasteiger partial charge in [0, 0.05) is 11.6 Å². The van der Waals surface area contributed by atoms with E-state index >= 15 is 0 Å². The summed E-state index contributed by atoms with van der Waals surface area (Å²) in [7, 11) is 1.32. The average molecular weight is 209 g/mol. The zero-order valence-electron chi connectivity index (χ0n) is 8.91. The van der Waals surface area contributed by atoms with Crippen LogP contribution in [0.3, 0.4) is 0 Å². The van der Waals surface area contributed by atoms with Gasteiger partial charge in [-0.15, -0.1) is 0 Å². The molecule has 0 saturated carbocycles. The standard InChI is InChI=1S/C10H15N3O2/c1-5-3-4-6-8(5)13-9(12-6)7(11)10(14)15-2/h5,7H,3-4,11H2,1-2H3,(H,12,13). The second kappa shape index (κ2) is 3.66. The van der Waals surface area contributed by atoms with Crippen molar-refractivity contribution in [3.63, 3.8) is 0 Å². The summed E-state index contributed by atoms with van der Waals surface area (Å²) < 4.78 is 4.57. The number of carbonyl (C=O) groups excluding carboxylic acids is 1. The van der Waals surface area contributed by atoms with Crippen LogP contribution >= 0.6 is 0 Å². The third kappa shape index (κ3) is 1.63. The molecule has 2 rings (SSSR count). The van der Waals surface area contributed by atoms with Crippen molar-refractivity contribution in [2.24, 2.45) is 5.73 Å². The van der Waals surface area contributed by atoms with E-state index in [0.717, 1.165) is 24.2 Å². The Morgan fingerprint density at radius 3 is 3.07 bits per heavy atom. The molecule has 0 fully saturated rings. The van der Waals surface area contributed by atoms with Crippen molar-refractivity contribution in [3.8, 4) is 0 Å². The van der Waals surface area contributed by atoms with Gasteiger partial charge in [0.2, 0.25) is 0 Å². The first-order chi connectivity index (χ1) is 7.13. The van der Waals surface area contributed by atoms with Crippen molar-refractivity contribution in [1.82, 2.24) is 9.97 Å². The molecule has 1 heterocycles. The molecule has 1 aromatic rings. The van der Waals surface area contributed by atoms with Crippen LogP contribution in [0.2, 0.25) is 0 Å². The van der Waals surface area contributed by atoms with Gasteiger partial charge in [0.25, 0.3) is 0 Å². The topological polar surface area (TPSA) is 81.0 Å². The molecule has 0 saturated heterocycles. The van der Waals surface area contributed by atoms with E-state index in [4.69, 9.17) is 5.73 Å².